The van der Waals surface area contributed by atoms with E-state index in [2.05, 4.69) is 30.5 Å². The van der Waals surface area contributed by atoms with Gasteiger partial charge in [0.05, 0.1) is 22.6 Å². The summed E-state index contributed by atoms with van der Waals surface area (Å²) >= 11 is 2.65. The van der Waals surface area contributed by atoms with Crippen LogP contribution >= 0.6 is 23.1 Å². The molecule has 2 aromatic carbocycles. The van der Waals surface area contributed by atoms with Crippen LogP contribution in [0.15, 0.2) is 47.6 Å². The third kappa shape index (κ3) is 3.44. The van der Waals surface area contributed by atoms with Gasteiger partial charge in [0.15, 0.2) is 10.8 Å². The SMILES string of the molecule is COc1ccc2nc(NC(=O)C(C)Sc3nnc4c(n3)[nH]c3ccccc34)sc2c1. The Bertz CT molecular complexity index is 1400. The molecule has 0 saturated carbocycles. The highest BCUT2D eigenvalue weighted by molar-refractivity contribution is 8.00. The molecule has 10 heteroatoms. The van der Waals surface area contributed by atoms with Crippen LogP contribution in [0.4, 0.5) is 5.13 Å². The number of amides is 1. The maximum atomic E-state index is 12.6. The van der Waals surface area contributed by atoms with Crippen LogP contribution < -0.4 is 10.1 Å². The lowest BCUT2D eigenvalue weighted by Crippen LogP contribution is -2.22. The Morgan fingerprint density at radius 3 is 2.93 bits per heavy atom. The fourth-order valence-corrected chi connectivity index (χ4v) is 4.67. The molecule has 2 N–H and O–H groups in total. The quantitative estimate of drug-likeness (QED) is 0.397. The van der Waals surface area contributed by atoms with Crippen molar-refractivity contribution >= 4 is 66.4 Å². The van der Waals surface area contributed by atoms with E-state index in [-0.39, 0.29) is 5.91 Å². The number of nitrogens with zero attached hydrogens (tertiary/aromatic N) is 4. The Balaban J connectivity index is 1.32. The van der Waals surface area contributed by atoms with E-state index in [1.807, 2.05) is 42.5 Å². The number of aromatic amines is 1. The van der Waals surface area contributed by atoms with E-state index < -0.39 is 5.25 Å². The maximum absolute atomic E-state index is 12.6. The van der Waals surface area contributed by atoms with Crippen LogP contribution in [-0.2, 0) is 4.79 Å². The predicted molar refractivity (Wildman–Crippen MR) is 119 cm³/mol. The highest BCUT2D eigenvalue weighted by Gasteiger charge is 2.19. The number of fused-ring (bicyclic) bond motifs is 4. The molecule has 150 valence electrons. The second kappa shape index (κ2) is 7.54. The van der Waals surface area contributed by atoms with Crippen molar-refractivity contribution in [3.8, 4) is 5.75 Å². The molecule has 30 heavy (non-hydrogen) atoms. The summed E-state index contributed by atoms with van der Waals surface area (Å²) in [6, 6.07) is 13.5. The molecule has 0 saturated heterocycles. The zero-order valence-corrected chi connectivity index (χ0v) is 17.7. The largest absolute Gasteiger partial charge is 0.497 e. The van der Waals surface area contributed by atoms with Crippen LogP contribution in [0.2, 0.25) is 0 Å². The molecule has 0 radical (unpaired) electrons. The van der Waals surface area contributed by atoms with E-state index in [0.29, 0.717) is 15.9 Å². The number of hydrogen-bond donors (Lipinski definition) is 2. The number of thioether (sulfide) groups is 1. The summed E-state index contributed by atoms with van der Waals surface area (Å²) in [6.45, 7) is 1.80. The van der Waals surface area contributed by atoms with Crippen molar-refractivity contribution in [3.05, 3.63) is 42.5 Å². The van der Waals surface area contributed by atoms with E-state index in [4.69, 9.17) is 4.74 Å². The van der Waals surface area contributed by atoms with Gasteiger partial charge < -0.3 is 15.0 Å². The number of nitrogens with one attached hydrogen (secondary N) is 2. The number of rotatable bonds is 5. The summed E-state index contributed by atoms with van der Waals surface area (Å²) in [4.78, 5) is 24.9. The molecule has 0 aliphatic rings. The highest BCUT2D eigenvalue weighted by Crippen LogP contribution is 2.30. The summed E-state index contributed by atoms with van der Waals surface area (Å²) in [5.74, 6) is 0.580. The number of aromatic nitrogens is 5. The number of carbonyl (C=O) groups is 1. The van der Waals surface area contributed by atoms with Crippen LogP contribution in [0.3, 0.4) is 0 Å². The minimum atomic E-state index is -0.421. The van der Waals surface area contributed by atoms with Crippen molar-refractivity contribution in [1.82, 2.24) is 25.1 Å². The van der Waals surface area contributed by atoms with Gasteiger partial charge >= 0.3 is 0 Å². The number of benzene rings is 2. The van der Waals surface area contributed by atoms with Crippen LogP contribution in [-0.4, -0.2) is 43.4 Å². The van der Waals surface area contributed by atoms with E-state index in [0.717, 1.165) is 32.4 Å². The molecule has 0 bridgehead atoms. The lowest BCUT2D eigenvalue weighted by atomic mass is 10.2. The monoisotopic (exact) mass is 436 g/mol. The molecule has 1 atom stereocenters. The minimum Gasteiger partial charge on any atom is -0.497 e. The standard InChI is InChI=1S/C20H16N6O2S2/c1-10(18(27)24-19-22-14-8-7-11(28-2)9-15(14)30-19)29-20-23-17-16(25-26-20)12-5-3-4-6-13(12)21-17/h3-10H,1-2H3,(H,21,23,26)(H,22,24,27). The third-order valence-electron chi connectivity index (χ3n) is 4.58. The fraction of sp³-hybridized carbons (Fsp3) is 0.150. The van der Waals surface area contributed by atoms with E-state index in [1.165, 1.54) is 23.1 Å². The number of methoxy groups -OCH3 is 1. The van der Waals surface area contributed by atoms with E-state index >= 15 is 0 Å². The topological polar surface area (TPSA) is 106 Å². The number of para-hydroxylation sites is 1. The first kappa shape index (κ1) is 18.8. The number of thiazole rings is 1. The molecule has 0 aliphatic carbocycles. The molecule has 0 fully saturated rings. The van der Waals surface area contributed by atoms with Crippen molar-refractivity contribution < 1.29 is 9.53 Å². The van der Waals surface area contributed by atoms with Gasteiger partial charge in [-0.2, -0.15) is 0 Å². The smallest absolute Gasteiger partial charge is 0.239 e. The Morgan fingerprint density at radius 1 is 1.20 bits per heavy atom. The highest BCUT2D eigenvalue weighted by atomic mass is 32.2. The summed E-state index contributed by atoms with van der Waals surface area (Å²) in [5, 5.41) is 12.9. The maximum Gasteiger partial charge on any atom is 0.239 e. The van der Waals surface area contributed by atoms with Gasteiger partial charge in [-0.3, -0.25) is 4.79 Å². The Kier molecular flexibility index (Phi) is 4.72. The van der Waals surface area contributed by atoms with Crippen molar-refractivity contribution in [1.29, 1.82) is 0 Å². The van der Waals surface area contributed by atoms with Gasteiger partial charge in [-0.15, -0.1) is 10.2 Å². The molecule has 1 unspecified atom stereocenters. The summed E-state index contributed by atoms with van der Waals surface area (Å²) in [5.41, 5.74) is 3.14. The van der Waals surface area contributed by atoms with Gasteiger partial charge in [-0.1, -0.05) is 41.3 Å². The lowest BCUT2D eigenvalue weighted by molar-refractivity contribution is -0.115. The minimum absolute atomic E-state index is 0.175. The molecule has 5 rings (SSSR count). The van der Waals surface area contributed by atoms with Crippen LogP contribution in [0.1, 0.15) is 6.92 Å². The molecule has 5 aromatic rings. The van der Waals surface area contributed by atoms with Crippen molar-refractivity contribution in [2.45, 2.75) is 17.3 Å². The van der Waals surface area contributed by atoms with Gasteiger partial charge in [0, 0.05) is 10.9 Å². The average molecular weight is 437 g/mol. The summed E-state index contributed by atoms with van der Waals surface area (Å²) in [6.07, 6.45) is 0. The van der Waals surface area contributed by atoms with E-state index in [1.54, 1.807) is 14.0 Å². The molecule has 3 aromatic heterocycles. The first-order valence-corrected chi connectivity index (χ1v) is 10.8. The average Bonchev–Trinajstić information content (AvgIpc) is 3.32. The molecule has 8 nitrogen and oxygen atoms in total. The molecule has 3 heterocycles. The number of H-pyrrole nitrogens is 1. The van der Waals surface area contributed by atoms with Crippen molar-refractivity contribution in [2.75, 3.05) is 12.4 Å². The van der Waals surface area contributed by atoms with Crippen molar-refractivity contribution in [3.63, 3.8) is 0 Å². The Morgan fingerprint density at radius 2 is 2.07 bits per heavy atom. The lowest BCUT2D eigenvalue weighted by Gasteiger charge is -2.08. The molecular formula is C20H16N6O2S2. The second-order valence-corrected chi connectivity index (χ2v) is 8.90. The van der Waals surface area contributed by atoms with Gasteiger partial charge in [0.1, 0.15) is 11.3 Å². The van der Waals surface area contributed by atoms with Crippen molar-refractivity contribution in [2.24, 2.45) is 0 Å². The van der Waals surface area contributed by atoms with Gasteiger partial charge in [-0.05, 0) is 31.2 Å². The number of carbonyl (C=O) groups excluding carboxylic acids is 1. The van der Waals surface area contributed by atoms with Crippen LogP contribution in [0.5, 0.6) is 5.75 Å². The zero-order chi connectivity index (χ0) is 20.7. The predicted octanol–water partition coefficient (Wildman–Crippen LogP) is 4.24. The Labute approximate surface area is 179 Å². The number of ether oxygens (including phenoxy) is 1. The number of hydrogen-bond acceptors (Lipinski definition) is 8. The van der Waals surface area contributed by atoms with Crippen LogP contribution in [0.25, 0.3) is 32.3 Å². The third-order valence-corrected chi connectivity index (χ3v) is 6.46. The fourth-order valence-electron chi connectivity index (χ4n) is 3.06. The number of anilines is 1. The van der Waals surface area contributed by atoms with E-state index in [9.17, 15) is 4.79 Å². The van der Waals surface area contributed by atoms with Gasteiger partial charge in [0.2, 0.25) is 11.1 Å². The second-order valence-electron chi connectivity index (χ2n) is 6.56. The molecule has 0 spiro atoms. The van der Waals surface area contributed by atoms with Gasteiger partial charge in [-0.25, -0.2) is 9.97 Å². The zero-order valence-electron chi connectivity index (χ0n) is 16.0. The van der Waals surface area contributed by atoms with Gasteiger partial charge in [0.25, 0.3) is 0 Å². The first-order valence-electron chi connectivity index (χ1n) is 9.14. The molecule has 1 amide bonds. The molecular weight excluding hydrogens is 420 g/mol. The summed E-state index contributed by atoms with van der Waals surface area (Å²) in [7, 11) is 1.62. The summed E-state index contributed by atoms with van der Waals surface area (Å²) < 4.78 is 6.18. The molecule has 0 aliphatic heterocycles. The normalized spacial score (nSPS) is 12.5. The Hall–Kier alpha value is -3.24. The van der Waals surface area contributed by atoms with Crippen LogP contribution in [0, 0.1) is 0 Å². The first-order chi connectivity index (χ1) is 14.6.